The zero-order valence-corrected chi connectivity index (χ0v) is 9.66. The number of hydrogen-bond acceptors (Lipinski definition) is 3. The van der Waals surface area contributed by atoms with Crippen LogP contribution in [0.5, 0.6) is 0 Å². The lowest BCUT2D eigenvalue weighted by molar-refractivity contribution is 0.315. The number of nitrogens with two attached hydrogens (primary N) is 1. The lowest BCUT2D eigenvalue weighted by Gasteiger charge is -2.20. The standard InChI is InChI=1S/C9H21N3S/c1-8(9(10)11)7-12(2)5-4-6-13-3/h8H,4-7H2,1-3H3,(H3,10,11). The fourth-order valence-corrected chi connectivity index (χ4v) is 1.55. The van der Waals surface area contributed by atoms with E-state index < -0.39 is 0 Å². The maximum Gasteiger partial charge on any atom is 0.0947 e. The van der Waals surface area contributed by atoms with Crippen molar-refractivity contribution in [2.24, 2.45) is 11.7 Å². The fraction of sp³-hybridized carbons (Fsp3) is 0.889. The summed E-state index contributed by atoms with van der Waals surface area (Å²) in [6.07, 6.45) is 3.33. The summed E-state index contributed by atoms with van der Waals surface area (Å²) in [4.78, 5) is 2.24. The van der Waals surface area contributed by atoms with E-state index in [1.807, 2.05) is 18.7 Å². The molecule has 0 aromatic rings. The number of nitrogens with zero attached hydrogens (tertiary/aromatic N) is 1. The second-order valence-electron chi connectivity index (χ2n) is 3.46. The smallest absolute Gasteiger partial charge is 0.0947 e. The van der Waals surface area contributed by atoms with Crippen LogP contribution in [0, 0.1) is 11.3 Å². The first-order chi connectivity index (χ1) is 6.07. The molecule has 3 nitrogen and oxygen atoms in total. The van der Waals surface area contributed by atoms with Crippen LogP contribution in [0.25, 0.3) is 0 Å². The van der Waals surface area contributed by atoms with Crippen molar-refractivity contribution < 1.29 is 0 Å². The quantitative estimate of drug-likeness (QED) is 0.372. The largest absolute Gasteiger partial charge is 0.387 e. The highest BCUT2D eigenvalue weighted by molar-refractivity contribution is 7.98. The third-order valence-corrected chi connectivity index (χ3v) is 2.70. The van der Waals surface area contributed by atoms with Gasteiger partial charge in [-0.1, -0.05) is 6.92 Å². The van der Waals surface area contributed by atoms with Crippen molar-refractivity contribution in [2.45, 2.75) is 13.3 Å². The predicted molar refractivity (Wildman–Crippen MR) is 61.6 cm³/mol. The molecule has 0 aromatic heterocycles. The molecule has 3 N–H and O–H groups in total. The minimum atomic E-state index is 0.180. The Morgan fingerprint density at radius 1 is 1.62 bits per heavy atom. The van der Waals surface area contributed by atoms with Crippen molar-refractivity contribution in [3.8, 4) is 0 Å². The molecule has 0 amide bonds. The lowest BCUT2D eigenvalue weighted by atomic mass is 10.1. The van der Waals surface area contributed by atoms with Gasteiger partial charge in [0.05, 0.1) is 5.84 Å². The number of rotatable bonds is 7. The molecule has 0 aliphatic rings. The van der Waals surface area contributed by atoms with Gasteiger partial charge in [0.2, 0.25) is 0 Å². The summed E-state index contributed by atoms with van der Waals surface area (Å²) >= 11 is 1.88. The zero-order chi connectivity index (χ0) is 10.3. The third kappa shape index (κ3) is 6.90. The van der Waals surface area contributed by atoms with E-state index in [4.69, 9.17) is 11.1 Å². The average molecular weight is 203 g/mol. The molecule has 0 spiro atoms. The zero-order valence-electron chi connectivity index (χ0n) is 8.84. The molecular weight excluding hydrogens is 182 g/mol. The first kappa shape index (κ1) is 12.8. The average Bonchev–Trinajstić information content (AvgIpc) is 2.04. The maximum absolute atomic E-state index is 7.25. The summed E-state index contributed by atoms with van der Waals surface area (Å²) in [6, 6.07) is 0. The van der Waals surface area contributed by atoms with E-state index in [0.29, 0.717) is 0 Å². The Labute approximate surface area is 85.6 Å². The van der Waals surface area contributed by atoms with Gasteiger partial charge in [-0.25, -0.2) is 0 Å². The molecule has 1 unspecified atom stereocenters. The highest BCUT2D eigenvalue weighted by Gasteiger charge is 2.07. The molecule has 0 bridgehead atoms. The van der Waals surface area contributed by atoms with Crippen LogP contribution < -0.4 is 5.73 Å². The summed E-state index contributed by atoms with van der Waals surface area (Å²) in [5, 5.41) is 7.25. The minimum absolute atomic E-state index is 0.180. The second-order valence-corrected chi connectivity index (χ2v) is 4.45. The molecule has 0 fully saturated rings. The molecule has 0 rings (SSSR count). The van der Waals surface area contributed by atoms with E-state index in [9.17, 15) is 0 Å². The fourth-order valence-electron chi connectivity index (χ4n) is 1.14. The van der Waals surface area contributed by atoms with E-state index >= 15 is 0 Å². The van der Waals surface area contributed by atoms with Crippen molar-refractivity contribution in [1.29, 1.82) is 5.41 Å². The first-order valence-electron chi connectivity index (χ1n) is 4.59. The number of amidine groups is 1. The van der Waals surface area contributed by atoms with Crippen molar-refractivity contribution in [1.82, 2.24) is 4.90 Å². The van der Waals surface area contributed by atoms with Crippen LogP contribution in [0.3, 0.4) is 0 Å². The van der Waals surface area contributed by atoms with E-state index in [0.717, 1.165) is 13.1 Å². The highest BCUT2D eigenvalue weighted by Crippen LogP contribution is 2.00. The molecule has 0 aliphatic carbocycles. The van der Waals surface area contributed by atoms with Crippen LogP contribution in [-0.4, -0.2) is 42.9 Å². The predicted octanol–water partition coefficient (Wildman–Crippen LogP) is 1.24. The van der Waals surface area contributed by atoms with E-state index in [-0.39, 0.29) is 11.8 Å². The van der Waals surface area contributed by atoms with Gasteiger partial charge in [-0.15, -0.1) is 0 Å². The molecule has 13 heavy (non-hydrogen) atoms. The molecule has 0 saturated heterocycles. The SMILES string of the molecule is CSCCCN(C)CC(C)C(=N)N. The molecule has 0 aliphatic heterocycles. The van der Waals surface area contributed by atoms with Crippen LogP contribution in [0.2, 0.25) is 0 Å². The Morgan fingerprint density at radius 2 is 2.23 bits per heavy atom. The highest BCUT2D eigenvalue weighted by atomic mass is 32.2. The van der Waals surface area contributed by atoms with Crippen molar-refractivity contribution in [3.05, 3.63) is 0 Å². The van der Waals surface area contributed by atoms with Crippen LogP contribution >= 0.6 is 11.8 Å². The van der Waals surface area contributed by atoms with Crippen molar-refractivity contribution in [3.63, 3.8) is 0 Å². The van der Waals surface area contributed by atoms with Crippen molar-refractivity contribution in [2.75, 3.05) is 32.1 Å². The summed E-state index contributed by atoms with van der Waals surface area (Å²) in [5.74, 6) is 1.68. The maximum atomic E-state index is 7.25. The van der Waals surface area contributed by atoms with Crippen LogP contribution in [-0.2, 0) is 0 Å². The molecule has 0 heterocycles. The van der Waals surface area contributed by atoms with Crippen LogP contribution in [0.4, 0.5) is 0 Å². The molecule has 0 aromatic carbocycles. The Bertz CT molecular complexity index is 150. The Morgan fingerprint density at radius 3 is 2.69 bits per heavy atom. The molecule has 1 atom stereocenters. The van der Waals surface area contributed by atoms with E-state index in [1.165, 1.54) is 12.2 Å². The minimum Gasteiger partial charge on any atom is -0.387 e. The van der Waals surface area contributed by atoms with E-state index in [1.54, 1.807) is 0 Å². The van der Waals surface area contributed by atoms with Gasteiger partial charge in [0.15, 0.2) is 0 Å². The summed E-state index contributed by atoms with van der Waals surface area (Å²) < 4.78 is 0. The number of nitrogens with one attached hydrogen (secondary N) is 1. The summed E-state index contributed by atoms with van der Waals surface area (Å²) in [5.41, 5.74) is 5.39. The van der Waals surface area contributed by atoms with Crippen LogP contribution in [0.1, 0.15) is 13.3 Å². The normalized spacial score (nSPS) is 13.2. The van der Waals surface area contributed by atoms with Gasteiger partial charge < -0.3 is 10.6 Å². The Hall–Kier alpha value is -0.220. The number of thioether (sulfide) groups is 1. The van der Waals surface area contributed by atoms with Crippen molar-refractivity contribution >= 4 is 17.6 Å². The Kier molecular flexibility index (Phi) is 7.09. The van der Waals surface area contributed by atoms with Crippen LogP contribution in [0.15, 0.2) is 0 Å². The Balaban J connectivity index is 3.49. The second kappa shape index (κ2) is 7.21. The van der Waals surface area contributed by atoms with E-state index in [2.05, 4.69) is 18.2 Å². The first-order valence-corrected chi connectivity index (χ1v) is 5.98. The molecule has 4 heteroatoms. The van der Waals surface area contributed by atoms with Gasteiger partial charge in [0.25, 0.3) is 0 Å². The van der Waals surface area contributed by atoms with Gasteiger partial charge in [-0.05, 0) is 32.0 Å². The van der Waals surface area contributed by atoms with Gasteiger partial charge in [0.1, 0.15) is 0 Å². The molecular formula is C9H21N3S. The van der Waals surface area contributed by atoms with Gasteiger partial charge in [-0.2, -0.15) is 11.8 Å². The topological polar surface area (TPSA) is 53.1 Å². The molecule has 0 radical (unpaired) electrons. The molecule has 78 valence electrons. The molecule has 0 saturated carbocycles. The number of hydrogen-bond donors (Lipinski definition) is 2. The lowest BCUT2D eigenvalue weighted by Crippen LogP contribution is -2.32. The van der Waals surface area contributed by atoms with Gasteiger partial charge in [-0.3, -0.25) is 5.41 Å². The third-order valence-electron chi connectivity index (χ3n) is 2.00. The monoisotopic (exact) mass is 203 g/mol. The summed E-state index contributed by atoms with van der Waals surface area (Å²) in [6.45, 7) is 3.98. The van der Waals surface area contributed by atoms with Gasteiger partial charge in [0, 0.05) is 12.5 Å². The van der Waals surface area contributed by atoms with Gasteiger partial charge >= 0.3 is 0 Å². The summed E-state index contributed by atoms with van der Waals surface area (Å²) in [7, 11) is 2.08.